The van der Waals surface area contributed by atoms with E-state index in [1.165, 1.54) is 53.1 Å². The third-order valence-electron chi connectivity index (χ3n) is 8.69. The zero-order valence-corrected chi connectivity index (χ0v) is 30.3. The van der Waals surface area contributed by atoms with Crippen LogP contribution < -0.4 is 19.5 Å². The van der Waals surface area contributed by atoms with Gasteiger partial charge in [0, 0.05) is 51.1 Å². The lowest BCUT2D eigenvalue weighted by atomic mass is 10.0. The molecule has 52 heavy (non-hydrogen) atoms. The van der Waals surface area contributed by atoms with Gasteiger partial charge in [-0.05, 0) is 54.2 Å². The van der Waals surface area contributed by atoms with Gasteiger partial charge in [0.25, 0.3) is 0 Å². The molecule has 3 heterocycles. The second kappa shape index (κ2) is 16.4. The Morgan fingerprint density at radius 3 is 2.48 bits per heavy atom. The molecule has 0 amide bonds. The van der Waals surface area contributed by atoms with Gasteiger partial charge < -0.3 is 23.4 Å². The monoisotopic (exact) mass is 784 g/mol. The maximum Gasteiger partial charge on any atom is 0.420 e. The number of ether oxygens (including phenoxy) is 4. The largest absolute Gasteiger partial charge is 0.489 e. The van der Waals surface area contributed by atoms with Crippen molar-refractivity contribution in [2.24, 2.45) is 5.92 Å². The van der Waals surface area contributed by atoms with Crippen molar-refractivity contribution >= 4 is 56.0 Å². The molecule has 0 bridgehead atoms. The van der Waals surface area contributed by atoms with Gasteiger partial charge in [0.2, 0.25) is 10.0 Å². The number of carbonyl (C=O) groups excluding carboxylic acids is 1. The Morgan fingerprint density at radius 1 is 1.08 bits per heavy atom. The summed E-state index contributed by atoms with van der Waals surface area (Å²) in [6, 6.07) is 8.66. The van der Waals surface area contributed by atoms with Crippen LogP contribution in [0.4, 0.5) is 14.5 Å². The van der Waals surface area contributed by atoms with Crippen molar-refractivity contribution in [3.63, 3.8) is 0 Å². The molecule has 1 saturated carbocycles. The van der Waals surface area contributed by atoms with E-state index in [4.69, 9.17) is 41.8 Å². The Balaban J connectivity index is 1.25. The quantitative estimate of drug-likeness (QED) is 0.137. The van der Waals surface area contributed by atoms with Crippen molar-refractivity contribution < 1.29 is 45.4 Å². The number of morpholine rings is 1. The number of rotatable bonds is 16. The Hall–Kier alpha value is -3.96. The number of fused-ring (bicyclic) bond motifs is 1. The molecule has 0 N–H and O–H groups in total. The van der Waals surface area contributed by atoms with Crippen LogP contribution in [0.3, 0.4) is 0 Å². The minimum absolute atomic E-state index is 0.0404. The van der Waals surface area contributed by atoms with Gasteiger partial charge >= 0.3 is 18.3 Å². The van der Waals surface area contributed by atoms with Crippen molar-refractivity contribution in [2.75, 3.05) is 56.6 Å². The van der Waals surface area contributed by atoms with Gasteiger partial charge in [-0.15, -0.1) is 0 Å². The third-order valence-corrected chi connectivity index (χ3v) is 10.5. The van der Waals surface area contributed by atoms with Gasteiger partial charge in [-0.3, -0.25) is 23.6 Å². The topological polar surface area (TPSA) is 143 Å². The number of aromatic nitrogens is 2. The SMILES string of the molecule is CS(=O)(=O)N(CCN1CCOCC1)c1ccc2c(c1)oc(=O)n2CC(=O)O[C@@H](Cc1c(Cl)cncc1Cl)c1ccc(OC(F)F)c(OCC2CC2)c1. The van der Waals surface area contributed by atoms with Gasteiger partial charge in [0.1, 0.15) is 12.6 Å². The Bertz CT molecular complexity index is 2050. The van der Waals surface area contributed by atoms with Crippen LogP contribution >= 0.6 is 23.2 Å². The molecule has 280 valence electrons. The Morgan fingerprint density at radius 2 is 1.81 bits per heavy atom. The molecule has 0 unspecified atom stereocenters. The molecule has 1 aliphatic heterocycles. The van der Waals surface area contributed by atoms with Gasteiger partial charge in [-0.25, -0.2) is 13.2 Å². The van der Waals surface area contributed by atoms with Crippen LogP contribution in [0.5, 0.6) is 11.5 Å². The van der Waals surface area contributed by atoms with E-state index in [-0.39, 0.29) is 51.3 Å². The normalized spacial score (nSPS) is 15.9. The van der Waals surface area contributed by atoms with Crippen molar-refractivity contribution in [3.8, 4) is 11.5 Å². The summed E-state index contributed by atoms with van der Waals surface area (Å²) < 4.78 is 81.5. The van der Waals surface area contributed by atoms with E-state index >= 15 is 0 Å². The zero-order chi connectivity index (χ0) is 37.0. The first kappa shape index (κ1) is 37.8. The van der Waals surface area contributed by atoms with E-state index in [0.717, 1.165) is 23.7 Å². The lowest BCUT2D eigenvalue weighted by Gasteiger charge is -2.30. The molecule has 2 fully saturated rings. The summed E-state index contributed by atoms with van der Waals surface area (Å²) in [5, 5.41) is 0.412. The van der Waals surface area contributed by atoms with Gasteiger partial charge in [0.05, 0.1) is 47.3 Å². The first-order valence-electron chi connectivity index (χ1n) is 16.5. The fourth-order valence-electron chi connectivity index (χ4n) is 5.80. The van der Waals surface area contributed by atoms with Crippen LogP contribution in [-0.4, -0.2) is 87.7 Å². The van der Waals surface area contributed by atoms with Crippen LogP contribution in [0.2, 0.25) is 10.0 Å². The van der Waals surface area contributed by atoms with Crippen molar-refractivity contribution in [1.82, 2.24) is 14.5 Å². The first-order chi connectivity index (χ1) is 24.9. The van der Waals surface area contributed by atoms with E-state index in [0.29, 0.717) is 56.5 Å². The maximum atomic E-state index is 13.6. The van der Waals surface area contributed by atoms with Crippen LogP contribution in [0, 0.1) is 5.92 Å². The minimum Gasteiger partial charge on any atom is -0.489 e. The maximum absolute atomic E-state index is 13.6. The van der Waals surface area contributed by atoms with Crippen molar-refractivity contribution in [2.45, 2.75) is 38.5 Å². The average molecular weight is 786 g/mol. The highest BCUT2D eigenvalue weighted by Crippen LogP contribution is 2.38. The second-order valence-corrected chi connectivity index (χ2v) is 15.2. The molecule has 4 aromatic rings. The molecule has 1 saturated heterocycles. The van der Waals surface area contributed by atoms with Gasteiger partial charge in [-0.1, -0.05) is 29.3 Å². The van der Waals surface area contributed by atoms with Gasteiger partial charge in [0.15, 0.2) is 17.1 Å². The number of hydrogen-bond donors (Lipinski definition) is 0. The van der Waals surface area contributed by atoms with Crippen molar-refractivity contribution in [1.29, 1.82) is 0 Å². The summed E-state index contributed by atoms with van der Waals surface area (Å²) in [7, 11) is -3.70. The second-order valence-electron chi connectivity index (χ2n) is 12.5. The Kier molecular flexibility index (Phi) is 11.9. The predicted octanol–water partition coefficient (Wildman–Crippen LogP) is 5.31. The summed E-state index contributed by atoms with van der Waals surface area (Å²) in [6.07, 6.45) is 4.65. The molecule has 2 aliphatic rings. The number of oxazole rings is 1. The van der Waals surface area contributed by atoms with E-state index < -0.39 is 41.0 Å². The van der Waals surface area contributed by atoms with Crippen LogP contribution in [0.15, 0.2) is 58.0 Å². The van der Waals surface area contributed by atoms with Crippen LogP contribution in [-0.2, 0) is 37.3 Å². The highest BCUT2D eigenvalue weighted by molar-refractivity contribution is 7.92. The number of alkyl halides is 2. The highest BCUT2D eigenvalue weighted by Gasteiger charge is 2.27. The number of carbonyl (C=O) groups is 1. The fourth-order valence-corrected chi connectivity index (χ4v) is 7.23. The van der Waals surface area contributed by atoms with Crippen LogP contribution in [0.25, 0.3) is 11.1 Å². The minimum atomic E-state index is -3.70. The van der Waals surface area contributed by atoms with Gasteiger partial charge in [-0.2, -0.15) is 8.78 Å². The number of anilines is 1. The van der Waals surface area contributed by atoms with Crippen molar-refractivity contribution in [3.05, 3.63) is 80.5 Å². The number of hydrogen-bond acceptors (Lipinski definition) is 11. The Labute approximate surface area is 307 Å². The lowest BCUT2D eigenvalue weighted by molar-refractivity contribution is -0.150. The summed E-state index contributed by atoms with van der Waals surface area (Å²) in [5.41, 5.74) is 1.35. The molecule has 6 rings (SSSR count). The molecule has 18 heteroatoms. The lowest BCUT2D eigenvalue weighted by Crippen LogP contribution is -2.43. The number of halogens is 4. The molecule has 1 atom stereocenters. The summed E-state index contributed by atoms with van der Waals surface area (Å²) >= 11 is 12.8. The predicted molar refractivity (Wildman–Crippen MR) is 188 cm³/mol. The molecule has 2 aromatic carbocycles. The number of benzene rings is 2. The molecule has 1 aliphatic carbocycles. The molecule has 2 aromatic heterocycles. The number of nitrogens with zero attached hydrogens (tertiary/aromatic N) is 4. The van der Waals surface area contributed by atoms with E-state index in [9.17, 15) is 26.8 Å². The molecule has 13 nitrogen and oxygen atoms in total. The van der Waals surface area contributed by atoms with E-state index in [2.05, 4.69) is 14.6 Å². The van der Waals surface area contributed by atoms with E-state index in [1.54, 1.807) is 0 Å². The zero-order valence-electron chi connectivity index (χ0n) is 28.0. The molecule has 0 radical (unpaired) electrons. The number of pyridine rings is 1. The standard InChI is InChI=1S/C34H36Cl2F2N4O9S/c1-52(45,46)42(9-8-40-10-12-47-13-11-40)23-5-6-27-30(15-23)51-34(44)41(27)19-32(43)49-29(16-24-25(35)17-39-18-26(24)36)22-4-7-28(50-33(37)38)31(14-22)48-20-21-2-3-21/h4-7,14-15,17-18,21,29,33H,2-3,8-13,16,19-20H2,1H3/t29-/m0/s1. The summed E-state index contributed by atoms with van der Waals surface area (Å²) in [6.45, 7) is -0.250. The first-order valence-corrected chi connectivity index (χ1v) is 19.1. The summed E-state index contributed by atoms with van der Waals surface area (Å²) in [4.78, 5) is 32.6. The number of esters is 1. The van der Waals surface area contributed by atoms with E-state index in [1.807, 2.05) is 0 Å². The highest BCUT2D eigenvalue weighted by atomic mass is 35.5. The fraction of sp³-hybridized carbons (Fsp3) is 0.441. The molecule has 0 spiro atoms. The van der Waals surface area contributed by atoms with Crippen LogP contribution in [0.1, 0.15) is 30.1 Å². The summed E-state index contributed by atoms with van der Waals surface area (Å²) in [5.74, 6) is -1.56. The third kappa shape index (κ3) is 9.52. The molecular formula is C34H36Cl2F2N4O9S. The smallest absolute Gasteiger partial charge is 0.420 e. The average Bonchev–Trinajstić information content (AvgIpc) is 3.87. The number of sulfonamides is 1. The molecular weight excluding hydrogens is 749 g/mol.